The van der Waals surface area contributed by atoms with Gasteiger partial charge in [0.25, 0.3) is 0 Å². The highest BCUT2D eigenvalue weighted by Crippen LogP contribution is 2.29. The van der Waals surface area contributed by atoms with E-state index >= 15 is 0 Å². The van der Waals surface area contributed by atoms with Gasteiger partial charge >= 0.3 is 0 Å². The zero-order valence-corrected chi connectivity index (χ0v) is 13.9. The van der Waals surface area contributed by atoms with Gasteiger partial charge in [0, 0.05) is 22.6 Å². The Morgan fingerprint density at radius 3 is 2.76 bits per heavy atom. The molecule has 4 rings (SSSR count). The van der Waals surface area contributed by atoms with Gasteiger partial charge in [-0.3, -0.25) is 9.56 Å². The summed E-state index contributed by atoms with van der Waals surface area (Å²) in [5.74, 6) is 0.921. The molecule has 0 spiro atoms. The van der Waals surface area contributed by atoms with Gasteiger partial charge in [-0.25, -0.2) is 4.39 Å². The van der Waals surface area contributed by atoms with Gasteiger partial charge in [-0.2, -0.15) is 0 Å². The van der Waals surface area contributed by atoms with Crippen molar-refractivity contribution >= 4 is 17.3 Å². The molecule has 0 unspecified atom stereocenters. The van der Waals surface area contributed by atoms with Gasteiger partial charge < -0.3 is 5.11 Å². The third kappa shape index (κ3) is 2.73. The monoisotopic (exact) mass is 356 g/mol. The predicted molar refractivity (Wildman–Crippen MR) is 92.9 cm³/mol. The first-order valence-corrected chi connectivity index (χ1v) is 8.20. The lowest BCUT2D eigenvalue weighted by atomic mass is 10.00. The van der Waals surface area contributed by atoms with Crippen LogP contribution in [-0.4, -0.2) is 32.2 Å². The van der Waals surface area contributed by atoms with Gasteiger partial charge in [0.2, 0.25) is 0 Å². The number of benzene rings is 2. The van der Waals surface area contributed by atoms with E-state index < -0.39 is 0 Å². The van der Waals surface area contributed by atoms with E-state index in [1.165, 1.54) is 6.07 Å². The molecule has 0 atom stereocenters. The fourth-order valence-electron chi connectivity index (χ4n) is 3.01. The highest BCUT2D eigenvalue weighted by molar-refractivity contribution is 6.31. The summed E-state index contributed by atoms with van der Waals surface area (Å²) in [5, 5.41) is 18.1. The smallest absolute Gasteiger partial charge is 0.159 e. The Morgan fingerprint density at radius 2 is 1.96 bits per heavy atom. The predicted octanol–water partition coefficient (Wildman–Crippen LogP) is 2.95. The number of hydrogen-bond acceptors (Lipinski definition) is 4. The standard InChI is InChI=1S/C18H14ClFN4O/c19-11-5-6-15-13(9-11)18(12-3-1-2-4-14(12)20)21-10-17-23-22-16(7-8-25)24(15)17/h1-6,9,25H,7-8,10H2. The van der Waals surface area contributed by atoms with Crippen molar-refractivity contribution in [1.82, 2.24) is 14.8 Å². The van der Waals surface area contributed by atoms with Gasteiger partial charge in [0.05, 0.1) is 18.0 Å². The Balaban J connectivity index is 1.98. The number of hydrogen-bond donors (Lipinski definition) is 1. The Hall–Kier alpha value is -2.57. The lowest BCUT2D eigenvalue weighted by Crippen LogP contribution is -2.11. The number of aromatic nitrogens is 3. The minimum absolute atomic E-state index is 0.0396. The van der Waals surface area contributed by atoms with Gasteiger partial charge in [-0.05, 0) is 30.3 Å². The Morgan fingerprint density at radius 1 is 1.12 bits per heavy atom. The molecule has 2 aromatic carbocycles. The third-order valence-electron chi connectivity index (χ3n) is 4.09. The molecule has 126 valence electrons. The van der Waals surface area contributed by atoms with Gasteiger partial charge in [-0.15, -0.1) is 10.2 Å². The van der Waals surface area contributed by atoms with E-state index in [4.69, 9.17) is 11.6 Å². The molecule has 2 heterocycles. The average Bonchev–Trinajstić information content (AvgIpc) is 2.92. The summed E-state index contributed by atoms with van der Waals surface area (Å²) in [5.41, 5.74) is 2.41. The molecule has 0 saturated heterocycles. The molecule has 1 aromatic heterocycles. The van der Waals surface area contributed by atoms with E-state index in [9.17, 15) is 9.50 Å². The third-order valence-corrected chi connectivity index (χ3v) is 4.33. The summed E-state index contributed by atoms with van der Waals surface area (Å²) in [6, 6.07) is 11.9. The molecule has 3 aromatic rings. The molecule has 7 heteroatoms. The van der Waals surface area contributed by atoms with E-state index in [0.717, 1.165) is 5.69 Å². The highest BCUT2D eigenvalue weighted by Gasteiger charge is 2.24. The summed E-state index contributed by atoms with van der Waals surface area (Å²) < 4.78 is 16.2. The van der Waals surface area contributed by atoms with Crippen LogP contribution in [0.25, 0.3) is 5.69 Å². The molecule has 0 radical (unpaired) electrons. The topological polar surface area (TPSA) is 63.3 Å². The highest BCUT2D eigenvalue weighted by atomic mass is 35.5. The molecule has 1 aliphatic heterocycles. The van der Waals surface area contributed by atoms with Crippen molar-refractivity contribution in [3.8, 4) is 5.69 Å². The van der Waals surface area contributed by atoms with Crippen LogP contribution in [-0.2, 0) is 13.0 Å². The van der Waals surface area contributed by atoms with Crippen molar-refractivity contribution in [2.24, 2.45) is 4.99 Å². The number of aliphatic hydroxyl groups is 1. The minimum atomic E-state index is -0.347. The Labute approximate surface area is 148 Å². The molecule has 0 saturated carbocycles. The van der Waals surface area contributed by atoms with Crippen molar-refractivity contribution < 1.29 is 9.50 Å². The van der Waals surface area contributed by atoms with Gasteiger partial charge in [0.1, 0.15) is 18.2 Å². The van der Waals surface area contributed by atoms with Crippen LogP contribution < -0.4 is 0 Å². The minimum Gasteiger partial charge on any atom is -0.396 e. The summed E-state index contributed by atoms with van der Waals surface area (Å²) in [4.78, 5) is 4.58. The zero-order chi connectivity index (χ0) is 17.4. The van der Waals surface area contributed by atoms with E-state index in [1.54, 1.807) is 30.3 Å². The van der Waals surface area contributed by atoms with Crippen molar-refractivity contribution in [2.45, 2.75) is 13.0 Å². The lowest BCUT2D eigenvalue weighted by Gasteiger charge is -2.14. The number of nitrogens with zero attached hydrogens (tertiary/aromatic N) is 4. The van der Waals surface area contributed by atoms with Crippen molar-refractivity contribution in [3.63, 3.8) is 0 Å². The molecule has 0 aliphatic carbocycles. The molecule has 1 aliphatic rings. The second kappa shape index (κ2) is 6.38. The van der Waals surface area contributed by atoms with Gasteiger partial charge in [-0.1, -0.05) is 23.7 Å². The van der Waals surface area contributed by atoms with Crippen LogP contribution >= 0.6 is 11.6 Å². The summed E-state index contributed by atoms with van der Waals surface area (Å²) in [6.45, 7) is 0.219. The van der Waals surface area contributed by atoms with Crippen LogP contribution in [0.3, 0.4) is 0 Å². The van der Waals surface area contributed by atoms with Crippen LogP contribution in [0.2, 0.25) is 5.02 Å². The fraction of sp³-hybridized carbons (Fsp3) is 0.167. The molecule has 0 bridgehead atoms. The van der Waals surface area contributed by atoms with Crippen LogP contribution in [0.5, 0.6) is 0 Å². The molecule has 25 heavy (non-hydrogen) atoms. The first-order valence-electron chi connectivity index (χ1n) is 7.82. The molecular formula is C18H14ClFN4O. The number of aliphatic imine (C=N–C) groups is 1. The molecule has 5 nitrogen and oxygen atoms in total. The Kier molecular flexibility index (Phi) is 4.07. The van der Waals surface area contributed by atoms with E-state index in [1.807, 2.05) is 10.6 Å². The number of rotatable bonds is 3. The second-order valence-corrected chi connectivity index (χ2v) is 6.08. The first-order chi connectivity index (χ1) is 12.2. The Bertz CT molecular complexity index is 983. The van der Waals surface area contributed by atoms with Crippen LogP contribution in [0, 0.1) is 5.82 Å². The SMILES string of the molecule is OCCc1nnc2n1-c1ccc(Cl)cc1C(c1ccccc1F)=NC2. The first kappa shape index (κ1) is 15.9. The molecule has 1 N–H and O–H groups in total. The van der Waals surface area contributed by atoms with Crippen LogP contribution in [0.15, 0.2) is 47.5 Å². The van der Waals surface area contributed by atoms with Crippen molar-refractivity contribution in [2.75, 3.05) is 6.61 Å². The largest absolute Gasteiger partial charge is 0.396 e. The second-order valence-electron chi connectivity index (χ2n) is 5.65. The number of halogens is 2. The molecule has 0 amide bonds. The summed E-state index contributed by atoms with van der Waals surface area (Å²) >= 11 is 6.20. The fourth-order valence-corrected chi connectivity index (χ4v) is 3.18. The molecule has 0 fully saturated rings. The van der Waals surface area contributed by atoms with E-state index in [-0.39, 0.29) is 19.0 Å². The maximum Gasteiger partial charge on any atom is 0.159 e. The van der Waals surface area contributed by atoms with Gasteiger partial charge in [0.15, 0.2) is 5.82 Å². The number of fused-ring (bicyclic) bond motifs is 3. The zero-order valence-electron chi connectivity index (χ0n) is 13.2. The van der Waals surface area contributed by atoms with E-state index in [2.05, 4.69) is 15.2 Å². The quantitative estimate of drug-likeness (QED) is 0.784. The van der Waals surface area contributed by atoms with Crippen molar-refractivity contribution in [1.29, 1.82) is 0 Å². The van der Waals surface area contributed by atoms with Crippen LogP contribution in [0.4, 0.5) is 4.39 Å². The lowest BCUT2D eigenvalue weighted by molar-refractivity contribution is 0.296. The summed E-state index contributed by atoms with van der Waals surface area (Å²) in [7, 11) is 0. The maximum atomic E-state index is 14.4. The number of aliphatic hydroxyl groups excluding tert-OH is 1. The van der Waals surface area contributed by atoms with E-state index in [0.29, 0.717) is 39.9 Å². The summed E-state index contributed by atoms with van der Waals surface area (Å²) in [6.07, 6.45) is 0.365. The average molecular weight is 357 g/mol. The molecular weight excluding hydrogens is 343 g/mol. The normalized spacial score (nSPS) is 13.0. The van der Waals surface area contributed by atoms with Crippen molar-refractivity contribution in [3.05, 3.63) is 76.1 Å². The van der Waals surface area contributed by atoms with Crippen LogP contribution in [0.1, 0.15) is 22.8 Å². The maximum absolute atomic E-state index is 14.4.